The molecule has 4 heteroatoms. The molecule has 0 spiro atoms. The molecule has 116 valence electrons. The van der Waals surface area contributed by atoms with Gasteiger partial charge in [0.05, 0.1) is 0 Å². The number of carbonyl (C=O) groups is 1. The maximum Gasteiger partial charge on any atom is 0.254 e. The number of nitrogen functional groups attached to an aromatic ring is 1. The lowest BCUT2D eigenvalue weighted by atomic mass is 9.96. The number of anilines is 1. The van der Waals surface area contributed by atoms with Crippen LogP contribution in [0.5, 0.6) is 0 Å². The molecule has 1 unspecified atom stereocenters. The van der Waals surface area contributed by atoms with Crippen molar-refractivity contribution in [2.45, 2.75) is 46.0 Å². The molecule has 3 nitrogen and oxygen atoms in total. The summed E-state index contributed by atoms with van der Waals surface area (Å²) in [6.07, 6.45) is 6.00. The summed E-state index contributed by atoms with van der Waals surface area (Å²) in [4.78, 5) is 14.8. The molecule has 0 radical (unpaired) electrons. The molecule has 0 aromatic heterocycles. The first-order chi connectivity index (χ1) is 10.0. The van der Waals surface area contributed by atoms with Crippen molar-refractivity contribution >= 4 is 27.5 Å². The molecular formula is C17H25BrN2O. The zero-order valence-electron chi connectivity index (χ0n) is 13.0. The fraction of sp³-hybridized carbons (Fsp3) is 0.588. The summed E-state index contributed by atoms with van der Waals surface area (Å²) in [6, 6.07) is 3.74. The van der Waals surface area contributed by atoms with Crippen LogP contribution in [0.15, 0.2) is 16.6 Å². The van der Waals surface area contributed by atoms with Gasteiger partial charge in [-0.1, -0.05) is 35.7 Å². The molecule has 0 saturated carbocycles. The average molecular weight is 353 g/mol. The standard InChI is InChI=1S/C17H25BrN2O/c1-3-5-13-6-4-8-20(9-7-13)17(21)15-10-14(18)11-16(19)12(15)2/h10-11,13H,3-9,19H2,1-2H3. The Labute approximate surface area is 136 Å². The second kappa shape index (κ2) is 7.30. The van der Waals surface area contributed by atoms with Crippen LogP contribution in [0.25, 0.3) is 0 Å². The maximum atomic E-state index is 12.8. The number of halogens is 1. The van der Waals surface area contributed by atoms with Crippen LogP contribution < -0.4 is 5.73 Å². The minimum Gasteiger partial charge on any atom is -0.398 e. The van der Waals surface area contributed by atoms with E-state index in [1.807, 2.05) is 24.0 Å². The van der Waals surface area contributed by atoms with Crippen molar-refractivity contribution in [2.24, 2.45) is 5.92 Å². The third-order valence-corrected chi connectivity index (χ3v) is 4.93. The molecule has 21 heavy (non-hydrogen) atoms. The van der Waals surface area contributed by atoms with Gasteiger partial charge in [-0.3, -0.25) is 4.79 Å². The number of rotatable bonds is 3. The summed E-state index contributed by atoms with van der Waals surface area (Å²) in [5.41, 5.74) is 8.27. The van der Waals surface area contributed by atoms with Crippen molar-refractivity contribution in [1.82, 2.24) is 4.90 Å². The van der Waals surface area contributed by atoms with Gasteiger partial charge in [0.1, 0.15) is 0 Å². The van der Waals surface area contributed by atoms with Crippen molar-refractivity contribution in [3.63, 3.8) is 0 Å². The fourth-order valence-electron chi connectivity index (χ4n) is 3.16. The lowest BCUT2D eigenvalue weighted by molar-refractivity contribution is 0.0759. The zero-order valence-corrected chi connectivity index (χ0v) is 14.6. The lowest BCUT2D eigenvalue weighted by Crippen LogP contribution is -2.32. The highest BCUT2D eigenvalue weighted by molar-refractivity contribution is 9.10. The van der Waals surface area contributed by atoms with E-state index in [-0.39, 0.29) is 5.91 Å². The van der Waals surface area contributed by atoms with Gasteiger partial charge in [-0.05, 0) is 49.8 Å². The van der Waals surface area contributed by atoms with Crippen molar-refractivity contribution in [3.05, 3.63) is 27.7 Å². The zero-order chi connectivity index (χ0) is 15.4. The number of nitrogens with zero attached hydrogens (tertiary/aromatic N) is 1. The number of nitrogens with two attached hydrogens (primary N) is 1. The first kappa shape index (κ1) is 16.3. The van der Waals surface area contributed by atoms with E-state index < -0.39 is 0 Å². The molecule has 1 aliphatic rings. The second-order valence-corrected chi connectivity index (χ2v) is 6.96. The SMILES string of the molecule is CCCC1CCCN(C(=O)c2cc(Br)cc(N)c2C)CC1. The predicted molar refractivity (Wildman–Crippen MR) is 91.4 cm³/mol. The summed E-state index contributed by atoms with van der Waals surface area (Å²) in [5, 5.41) is 0. The van der Waals surface area contributed by atoms with E-state index >= 15 is 0 Å². The first-order valence-corrected chi connectivity index (χ1v) is 8.67. The Morgan fingerprint density at radius 1 is 1.38 bits per heavy atom. The molecule has 1 atom stereocenters. The lowest BCUT2D eigenvalue weighted by Gasteiger charge is -2.22. The summed E-state index contributed by atoms with van der Waals surface area (Å²) in [6.45, 7) is 5.90. The van der Waals surface area contributed by atoms with Gasteiger partial charge in [0, 0.05) is 28.8 Å². The highest BCUT2D eigenvalue weighted by atomic mass is 79.9. The van der Waals surface area contributed by atoms with Crippen LogP contribution in [0, 0.1) is 12.8 Å². The number of amides is 1. The van der Waals surface area contributed by atoms with E-state index in [9.17, 15) is 4.79 Å². The normalized spacial score (nSPS) is 19.4. The van der Waals surface area contributed by atoms with Crippen LogP contribution in [-0.2, 0) is 0 Å². The Morgan fingerprint density at radius 2 is 2.14 bits per heavy atom. The summed E-state index contributed by atoms with van der Waals surface area (Å²) in [5.74, 6) is 0.902. The van der Waals surface area contributed by atoms with E-state index in [0.717, 1.165) is 47.4 Å². The Hall–Kier alpha value is -1.03. The van der Waals surface area contributed by atoms with Crippen LogP contribution >= 0.6 is 15.9 Å². The molecule has 2 rings (SSSR count). The smallest absolute Gasteiger partial charge is 0.254 e. The van der Waals surface area contributed by atoms with Gasteiger partial charge in [-0.2, -0.15) is 0 Å². The van der Waals surface area contributed by atoms with Crippen LogP contribution in [0.4, 0.5) is 5.69 Å². The summed E-state index contributed by atoms with van der Waals surface area (Å²) < 4.78 is 0.868. The van der Waals surface area contributed by atoms with E-state index in [2.05, 4.69) is 22.9 Å². The van der Waals surface area contributed by atoms with Crippen molar-refractivity contribution in [1.29, 1.82) is 0 Å². The van der Waals surface area contributed by atoms with Crippen LogP contribution in [0.3, 0.4) is 0 Å². The Bertz CT molecular complexity index is 516. The molecule has 1 fully saturated rings. The molecule has 1 aromatic carbocycles. The van der Waals surface area contributed by atoms with Gasteiger partial charge in [0.25, 0.3) is 5.91 Å². The molecule has 1 amide bonds. The number of hydrogen-bond acceptors (Lipinski definition) is 2. The van der Waals surface area contributed by atoms with E-state index in [4.69, 9.17) is 5.73 Å². The Balaban J connectivity index is 2.13. The minimum atomic E-state index is 0.123. The average Bonchev–Trinajstić information content (AvgIpc) is 2.68. The second-order valence-electron chi connectivity index (χ2n) is 6.05. The van der Waals surface area contributed by atoms with E-state index in [1.54, 1.807) is 0 Å². The monoisotopic (exact) mass is 352 g/mol. The van der Waals surface area contributed by atoms with Gasteiger partial charge in [-0.25, -0.2) is 0 Å². The quantitative estimate of drug-likeness (QED) is 0.820. The van der Waals surface area contributed by atoms with Crippen LogP contribution in [-0.4, -0.2) is 23.9 Å². The molecular weight excluding hydrogens is 328 g/mol. The third kappa shape index (κ3) is 4.00. The fourth-order valence-corrected chi connectivity index (χ4v) is 3.63. The highest BCUT2D eigenvalue weighted by Crippen LogP contribution is 2.26. The first-order valence-electron chi connectivity index (χ1n) is 7.87. The third-order valence-electron chi connectivity index (χ3n) is 4.47. The van der Waals surface area contributed by atoms with Gasteiger partial charge >= 0.3 is 0 Å². The Kier molecular flexibility index (Phi) is 5.68. The van der Waals surface area contributed by atoms with Crippen LogP contribution in [0.2, 0.25) is 0 Å². The predicted octanol–water partition coefficient (Wildman–Crippen LogP) is 4.38. The maximum absolute atomic E-state index is 12.8. The van der Waals surface area contributed by atoms with E-state index in [0.29, 0.717) is 5.69 Å². The molecule has 2 N–H and O–H groups in total. The van der Waals surface area contributed by atoms with Gasteiger partial charge in [-0.15, -0.1) is 0 Å². The molecule has 1 saturated heterocycles. The molecule has 1 aromatic rings. The number of likely N-dealkylation sites (tertiary alicyclic amines) is 1. The highest BCUT2D eigenvalue weighted by Gasteiger charge is 2.23. The summed E-state index contributed by atoms with van der Waals surface area (Å²) in [7, 11) is 0. The molecule has 0 bridgehead atoms. The minimum absolute atomic E-state index is 0.123. The van der Waals surface area contributed by atoms with Gasteiger partial charge in [0.15, 0.2) is 0 Å². The summed E-state index contributed by atoms with van der Waals surface area (Å²) >= 11 is 3.43. The molecule has 0 aliphatic carbocycles. The number of carbonyl (C=O) groups excluding carboxylic acids is 1. The van der Waals surface area contributed by atoms with Gasteiger partial charge in [0.2, 0.25) is 0 Å². The molecule has 1 aliphatic heterocycles. The molecule has 1 heterocycles. The van der Waals surface area contributed by atoms with E-state index in [1.165, 1.54) is 19.3 Å². The van der Waals surface area contributed by atoms with Crippen molar-refractivity contribution < 1.29 is 4.79 Å². The number of hydrogen-bond donors (Lipinski definition) is 1. The topological polar surface area (TPSA) is 46.3 Å². The van der Waals surface area contributed by atoms with Gasteiger partial charge < -0.3 is 10.6 Å². The number of benzene rings is 1. The largest absolute Gasteiger partial charge is 0.398 e. The van der Waals surface area contributed by atoms with Crippen LogP contribution in [0.1, 0.15) is 54.9 Å². The van der Waals surface area contributed by atoms with Crippen molar-refractivity contribution in [2.75, 3.05) is 18.8 Å². The van der Waals surface area contributed by atoms with Crippen molar-refractivity contribution in [3.8, 4) is 0 Å². The Morgan fingerprint density at radius 3 is 2.86 bits per heavy atom.